The van der Waals surface area contributed by atoms with E-state index >= 15 is 0 Å². The maximum absolute atomic E-state index is 13.8. The van der Waals surface area contributed by atoms with E-state index in [1.54, 1.807) is 0 Å². The van der Waals surface area contributed by atoms with Crippen LogP contribution in [0.2, 0.25) is 0 Å². The highest BCUT2D eigenvalue weighted by atomic mass is 19.3. The number of fused-ring (bicyclic) bond motifs is 4. The summed E-state index contributed by atoms with van der Waals surface area (Å²) in [6, 6.07) is 6.24. The molecule has 10 heteroatoms. The van der Waals surface area contributed by atoms with Gasteiger partial charge in [-0.25, -0.2) is 17.6 Å². The molecule has 0 saturated heterocycles. The molecular formula is C23H17F4N3O3. The molecule has 0 saturated carbocycles. The number of H-pyrrole nitrogens is 2. The number of amides is 1. The van der Waals surface area contributed by atoms with Gasteiger partial charge in [0.2, 0.25) is 0 Å². The van der Waals surface area contributed by atoms with Gasteiger partial charge in [-0.1, -0.05) is 6.07 Å². The summed E-state index contributed by atoms with van der Waals surface area (Å²) in [5, 5.41) is 0.680. The molecule has 2 aromatic carbocycles. The Morgan fingerprint density at radius 1 is 1.06 bits per heavy atom. The predicted molar refractivity (Wildman–Crippen MR) is 112 cm³/mol. The number of likely N-dealkylation sites (N-methyl/N-ethyl adjacent to an activating group) is 1. The lowest BCUT2D eigenvalue weighted by Gasteiger charge is -2.33. The van der Waals surface area contributed by atoms with Crippen LogP contribution in [0.25, 0.3) is 21.7 Å². The number of alkyl halides is 2. The zero-order valence-electron chi connectivity index (χ0n) is 17.2. The molecule has 1 unspecified atom stereocenters. The van der Waals surface area contributed by atoms with Crippen LogP contribution in [0.4, 0.5) is 17.6 Å². The van der Waals surface area contributed by atoms with E-state index in [0.717, 1.165) is 18.2 Å². The first-order chi connectivity index (χ1) is 15.7. The molecule has 3 heterocycles. The number of ether oxygens (including phenoxy) is 1. The first-order valence-electron chi connectivity index (χ1n) is 10.0. The van der Waals surface area contributed by atoms with Gasteiger partial charge in [-0.05, 0) is 35.7 Å². The van der Waals surface area contributed by atoms with Crippen molar-refractivity contribution in [2.24, 2.45) is 0 Å². The largest absolute Gasteiger partial charge is 0.373 e. The number of carbonyl (C=O) groups excluding carboxylic acids is 1. The molecule has 1 amide bonds. The molecule has 2 aromatic heterocycles. The number of rotatable bonds is 3. The third-order valence-electron chi connectivity index (χ3n) is 5.95. The van der Waals surface area contributed by atoms with Gasteiger partial charge in [0.05, 0.1) is 24.6 Å². The van der Waals surface area contributed by atoms with Crippen LogP contribution in [-0.4, -0.2) is 34.4 Å². The molecule has 2 N–H and O–H groups in total. The first-order valence-corrected chi connectivity index (χ1v) is 10.0. The van der Waals surface area contributed by atoms with E-state index in [9.17, 15) is 27.2 Å². The smallest absolute Gasteiger partial charge is 0.270 e. The van der Waals surface area contributed by atoms with Gasteiger partial charge in [0.1, 0.15) is 17.3 Å². The van der Waals surface area contributed by atoms with Gasteiger partial charge in [-0.15, -0.1) is 0 Å². The maximum Gasteiger partial charge on any atom is 0.270 e. The van der Waals surface area contributed by atoms with Crippen LogP contribution in [0.1, 0.15) is 39.8 Å². The van der Waals surface area contributed by atoms with E-state index in [1.165, 1.54) is 30.1 Å². The third kappa shape index (κ3) is 3.46. The Hall–Kier alpha value is -3.66. The fourth-order valence-corrected chi connectivity index (χ4v) is 4.39. The fourth-order valence-electron chi connectivity index (χ4n) is 4.39. The van der Waals surface area contributed by atoms with Crippen LogP contribution in [0.3, 0.4) is 0 Å². The maximum atomic E-state index is 13.8. The van der Waals surface area contributed by atoms with Crippen molar-refractivity contribution in [3.63, 3.8) is 0 Å². The molecule has 6 nitrogen and oxygen atoms in total. The van der Waals surface area contributed by atoms with Crippen molar-refractivity contribution in [3.05, 3.63) is 80.9 Å². The molecule has 1 atom stereocenters. The Kier molecular flexibility index (Phi) is 4.97. The van der Waals surface area contributed by atoms with Gasteiger partial charge in [0, 0.05) is 34.8 Å². The lowest BCUT2D eigenvalue weighted by Crippen LogP contribution is -2.37. The molecule has 0 fully saturated rings. The van der Waals surface area contributed by atoms with E-state index in [2.05, 4.69) is 9.97 Å². The molecule has 33 heavy (non-hydrogen) atoms. The normalized spacial score (nSPS) is 15.9. The highest BCUT2D eigenvalue weighted by molar-refractivity contribution is 5.99. The minimum atomic E-state index is -2.91. The number of hydrogen-bond donors (Lipinski definition) is 2. The summed E-state index contributed by atoms with van der Waals surface area (Å²) in [7, 11) is 1.51. The number of pyridine rings is 1. The number of aromatic amines is 2. The lowest BCUT2D eigenvalue weighted by atomic mass is 9.95. The molecule has 170 valence electrons. The molecule has 1 aliphatic heterocycles. The molecule has 4 aromatic rings. The van der Waals surface area contributed by atoms with Gasteiger partial charge in [0.15, 0.2) is 0 Å². The van der Waals surface area contributed by atoms with Crippen LogP contribution >= 0.6 is 0 Å². The average molecular weight is 459 g/mol. The summed E-state index contributed by atoms with van der Waals surface area (Å²) < 4.78 is 59.8. The quantitative estimate of drug-likeness (QED) is 0.441. The van der Waals surface area contributed by atoms with Gasteiger partial charge in [-0.2, -0.15) is 0 Å². The van der Waals surface area contributed by atoms with E-state index in [-0.39, 0.29) is 35.2 Å². The van der Waals surface area contributed by atoms with Crippen LogP contribution in [0.15, 0.2) is 41.2 Å². The summed E-state index contributed by atoms with van der Waals surface area (Å²) in [5.74, 6) is -1.96. The van der Waals surface area contributed by atoms with Crippen molar-refractivity contribution in [2.75, 3.05) is 13.7 Å². The highest BCUT2D eigenvalue weighted by Gasteiger charge is 2.32. The molecule has 1 aliphatic rings. The van der Waals surface area contributed by atoms with Crippen LogP contribution in [0, 0.1) is 11.6 Å². The number of hydrogen-bond acceptors (Lipinski definition) is 3. The van der Waals surface area contributed by atoms with Gasteiger partial charge in [-0.3, -0.25) is 9.59 Å². The summed E-state index contributed by atoms with van der Waals surface area (Å²) in [4.78, 5) is 32.4. The van der Waals surface area contributed by atoms with Crippen molar-refractivity contribution in [2.45, 2.75) is 19.1 Å². The third-order valence-corrected chi connectivity index (χ3v) is 5.95. The van der Waals surface area contributed by atoms with Crippen molar-refractivity contribution in [1.82, 2.24) is 14.9 Å². The molecule has 5 rings (SSSR count). The summed E-state index contributed by atoms with van der Waals surface area (Å²) in [6.07, 6.45) is -2.91. The highest BCUT2D eigenvalue weighted by Crippen LogP contribution is 2.35. The number of benzene rings is 2. The second-order valence-corrected chi connectivity index (χ2v) is 7.92. The Balaban J connectivity index is 1.59. The van der Waals surface area contributed by atoms with Crippen LogP contribution in [-0.2, 0) is 11.3 Å². The zero-order valence-corrected chi connectivity index (χ0v) is 17.2. The Labute approximate surface area is 183 Å². The predicted octanol–water partition coefficient (Wildman–Crippen LogP) is 4.57. The monoisotopic (exact) mass is 459 g/mol. The number of nitrogens with one attached hydrogen (secondary N) is 2. The fraction of sp³-hybridized carbons (Fsp3) is 0.217. The van der Waals surface area contributed by atoms with E-state index in [1.807, 2.05) is 0 Å². The van der Waals surface area contributed by atoms with Crippen molar-refractivity contribution in [1.29, 1.82) is 0 Å². The van der Waals surface area contributed by atoms with Crippen LogP contribution < -0.4 is 5.56 Å². The van der Waals surface area contributed by atoms with E-state index in [4.69, 9.17) is 4.74 Å². The Morgan fingerprint density at radius 3 is 2.61 bits per heavy atom. The van der Waals surface area contributed by atoms with Gasteiger partial charge < -0.3 is 19.6 Å². The average Bonchev–Trinajstić information content (AvgIpc) is 3.21. The van der Waals surface area contributed by atoms with Gasteiger partial charge >= 0.3 is 0 Å². The minimum absolute atomic E-state index is 0.00750. The van der Waals surface area contributed by atoms with Crippen molar-refractivity contribution in [3.8, 4) is 0 Å². The standard InChI is InChI=1S/C23H17F4N3O3/c1-30(23(32)17-7-13-14(21(26)27)5-11(25)6-16(13)28-17)19-9-33-8-18-20(19)12-3-2-10(24)4-15(12)22(31)29-18/h2-7,19,21,28H,8-9H2,1H3,(H,29,31). The van der Waals surface area contributed by atoms with E-state index in [0.29, 0.717) is 16.6 Å². The number of aromatic nitrogens is 2. The van der Waals surface area contributed by atoms with Crippen molar-refractivity contribution < 1.29 is 27.1 Å². The Bertz CT molecular complexity index is 1480. The minimum Gasteiger partial charge on any atom is -0.373 e. The first kappa shape index (κ1) is 21.2. The molecule has 0 spiro atoms. The SMILES string of the molecule is CN(C(=O)c1cc2c(C(F)F)cc(F)cc2[nH]1)C1COCc2[nH]c(=O)c3cc(F)ccc3c21. The van der Waals surface area contributed by atoms with E-state index < -0.39 is 41.1 Å². The second-order valence-electron chi connectivity index (χ2n) is 7.92. The van der Waals surface area contributed by atoms with Gasteiger partial charge in [0.25, 0.3) is 17.9 Å². The van der Waals surface area contributed by atoms with Crippen LogP contribution in [0.5, 0.6) is 0 Å². The zero-order chi connectivity index (χ0) is 23.4. The van der Waals surface area contributed by atoms with Crippen molar-refractivity contribution >= 4 is 27.6 Å². The number of nitrogens with zero attached hydrogens (tertiary/aromatic N) is 1. The Morgan fingerprint density at radius 2 is 1.85 bits per heavy atom. The molecule has 0 radical (unpaired) electrons. The number of carbonyl (C=O) groups is 1. The summed E-state index contributed by atoms with van der Waals surface area (Å²) in [6.45, 7) is 0.213. The molecule has 0 aliphatic carbocycles. The molecule has 0 bridgehead atoms. The summed E-state index contributed by atoms with van der Waals surface area (Å²) in [5.41, 5.74) is 0.161. The number of halogens is 4. The summed E-state index contributed by atoms with van der Waals surface area (Å²) >= 11 is 0. The molecular weight excluding hydrogens is 442 g/mol. The lowest BCUT2D eigenvalue weighted by molar-refractivity contribution is 0.0333. The topological polar surface area (TPSA) is 78.2 Å². The second kappa shape index (κ2) is 7.73.